The zero-order chi connectivity index (χ0) is 19.8. The van der Waals surface area contributed by atoms with Crippen molar-refractivity contribution in [3.05, 3.63) is 65.2 Å². The molecular formula is C22H24N2O3S. The first kappa shape index (κ1) is 20.0. The molecule has 0 radical (unpaired) electrons. The summed E-state index contributed by atoms with van der Waals surface area (Å²) in [5.74, 6) is 0.0158. The predicted octanol–water partition coefficient (Wildman–Crippen LogP) is 5.21. The van der Waals surface area contributed by atoms with Crippen LogP contribution in [0.2, 0.25) is 0 Å². The number of amides is 1. The first-order chi connectivity index (χ1) is 13.6. The van der Waals surface area contributed by atoms with Crippen LogP contribution in [-0.2, 0) is 11.3 Å². The summed E-state index contributed by atoms with van der Waals surface area (Å²) in [7, 11) is 0. The van der Waals surface area contributed by atoms with Gasteiger partial charge in [0.05, 0.1) is 10.2 Å². The summed E-state index contributed by atoms with van der Waals surface area (Å²) in [6.07, 6.45) is 2.02. The molecule has 28 heavy (non-hydrogen) atoms. The topological polar surface area (TPSA) is 68.3 Å². The molecule has 0 fully saturated rings. The van der Waals surface area contributed by atoms with E-state index < -0.39 is 6.09 Å². The summed E-state index contributed by atoms with van der Waals surface area (Å²) in [4.78, 5) is 28.7. The van der Waals surface area contributed by atoms with Crippen molar-refractivity contribution in [2.75, 3.05) is 6.54 Å². The molecule has 1 atom stereocenters. The van der Waals surface area contributed by atoms with Gasteiger partial charge in [-0.05, 0) is 30.5 Å². The number of carbonyl (C=O) groups is 2. The summed E-state index contributed by atoms with van der Waals surface area (Å²) < 4.78 is 6.21. The Bertz CT molecular complexity index is 891. The third-order valence-electron chi connectivity index (χ3n) is 4.50. The molecule has 1 heterocycles. The zero-order valence-electron chi connectivity index (χ0n) is 15.9. The van der Waals surface area contributed by atoms with Crippen molar-refractivity contribution in [2.24, 2.45) is 5.92 Å². The van der Waals surface area contributed by atoms with E-state index in [0.29, 0.717) is 11.6 Å². The summed E-state index contributed by atoms with van der Waals surface area (Å²) in [6.45, 7) is 2.74. The minimum atomic E-state index is -0.414. The first-order valence-corrected chi connectivity index (χ1v) is 10.3. The van der Waals surface area contributed by atoms with Crippen LogP contribution >= 0.6 is 11.3 Å². The number of aromatic nitrogens is 1. The zero-order valence-corrected chi connectivity index (χ0v) is 16.7. The van der Waals surface area contributed by atoms with E-state index in [2.05, 4.69) is 10.3 Å². The average Bonchev–Trinajstić information content (AvgIpc) is 3.16. The maximum atomic E-state index is 12.6. The van der Waals surface area contributed by atoms with Crippen LogP contribution < -0.4 is 5.32 Å². The Morgan fingerprint density at radius 3 is 2.61 bits per heavy atom. The molecule has 0 bridgehead atoms. The quantitative estimate of drug-likeness (QED) is 0.398. The van der Waals surface area contributed by atoms with Gasteiger partial charge in [0.2, 0.25) is 0 Å². The monoisotopic (exact) mass is 396 g/mol. The number of unbranched alkanes of at least 4 members (excludes halogenated alkanes) is 1. The van der Waals surface area contributed by atoms with Gasteiger partial charge in [0.1, 0.15) is 6.61 Å². The van der Waals surface area contributed by atoms with Gasteiger partial charge in [-0.25, -0.2) is 9.78 Å². The number of nitrogens with zero attached hydrogens (tertiary/aromatic N) is 1. The number of benzene rings is 2. The number of nitrogens with one attached hydrogen (secondary N) is 1. The first-order valence-electron chi connectivity index (χ1n) is 9.48. The van der Waals surface area contributed by atoms with Crippen LogP contribution in [-0.4, -0.2) is 23.4 Å². The van der Waals surface area contributed by atoms with Gasteiger partial charge in [0.25, 0.3) is 0 Å². The third kappa shape index (κ3) is 5.63. The highest BCUT2D eigenvalue weighted by Crippen LogP contribution is 2.25. The molecule has 0 aliphatic heterocycles. The highest BCUT2D eigenvalue weighted by Gasteiger charge is 2.18. The fourth-order valence-electron chi connectivity index (χ4n) is 2.86. The maximum absolute atomic E-state index is 12.6. The van der Waals surface area contributed by atoms with Gasteiger partial charge in [-0.15, -0.1) is 11.3 Å². The number of alkyl carbamates (subject to hydrolysis) is 1. The number of ether oxygens (including phenoxy) is 1. The second kappa shape index (κ2) is 9.99. The summed E-state index contributed by atoms with van der Waals surface area (Å²) in [6, 6.07) is 17.4. The number of thiazole rings is 1. The summed E-state index contributed by atoms with van der Waals surface area (Å²) in [5, 5.41) is 3.33. The van der Waals surface area contributed by atoms with Crippen molar-refractivity contribution in [1.29, 1.82) is 0 Å². The number of hydrogen-bond acceptors (Lipinski definition) is 5. The lowest BCUT2D eigenvalue weighted by atomic mass is 10.00. The molecule has 3 aromatic rings. The van der Waals surface area contributed by atoms with E-state index in [1.54, 1.807) is 0 Å². The Morgan fingerprint density at radius 1 is 1.07 bits per heavy atom. The van der Waals surface area contributed by atoms with Gasteiger partial charge in [-0.3, -0.25) is 4.79 Å². The van der Waals surface area contributed by atoms with Crippen molar-refractivity contribution in [2.45, 2.75) is 32.8 Å². The molecule has 146 valence electrons. The Balaban J connectivity index is 1.33. The van der Waals surface area contributed by atoms with Crippen LogP contribution in [0.15, 0.2) is 54.6 Å². The van der Waals surface area contributed by atoms with E-state index in [0.717, 1.165) is 35.0 Å². The van der Waals surface area contributed by atoms with Crippen LogP contribution in [0.4, 0.5) is 4.79 Å². The summed E-state index contributed by atoms with van der Waals surface area (Å²) in [5.41, 5.74) is 1.83. The molecule has 2 aromatic carbocycles. The van der Waals surface area contributed by atoms with E-state index in [1.807, 2.05) is 61.5 Å². The molecule has 1 amide bonds. The molecule has 5 nitrogen and oxygen atoms in total. The van der Waals surface area contributed by atoms with Gasteiger partial charge in [-0.2, -0.15) is 0 Å². The Morgan fingerprint density at radius 2 is 1.82 bits per heavy atom. The van der Waals surface area contributed by atoms with E-state index in [-0.39, 0.29) is 18.3 Å². The highest BCUT2D eigenvalue weighted by atomic mass is 32.1. The fraction of sp³-hybridized carbons (Fsp3) is 0.318. The van der Waals surface area contributed by atoms with E-state index >= 15 is 0 Å². The van der Waals surface area contributed by atoms with Gasteiger partial charge in [0, 0.05) is 12.5 Å². The molecule has 3 rings (SSSR count). The van der Waals surface area contributed by atoms with Crippen LogP contribution in [0.5, 0.6) is 0 Å². The largest absolute Gasteiger partial charge is 0.445 e. The molecule has 0 aliphatic rings. The maximum Gasteiger partial charge on any atom is 0.407 e. The minimum Gasteiger partial charge on any atom is -0.445 e. The van der Waals surface area contributed by atoms with E-state index in [1.165, 1.54) is 11.3 Å². The van der Waals surface area contributed by atoms with Gasteiger partial charge >= 0.3 is 6.09 Å². The Hall–Kier alpha value is -2.73. The van der Waals surface area contributed by atoms with E-state index in [4.69, 9.17) is 4.74 Å². The van der Waals surface area contributed by atoms with Crippen molar-refractivity contribution in [3.63, 3.8) is 0 Å². The highest BCUT2D eigenvalue weighted by molar-refractivity contribution is 7.20. The molecule has 1 aromatic heterocycles. The van der Waals surface area contributed by atoms with Crippen LogP contribution in [0.1, 0.15) is 41.6 Å². The van der Waals surface area contributed by atoms with Crippen LogP contribution in [0.25, 0.3) is 10.2 Å². The van der Waals surface area contributed by atoms with Gasteiger partial charge < -0.3 is 10.1 Å². The number of Topliss-reactive ketones (excluding diaryl/α,β-unsaturated/α-hetero) is 1. The van der Waals surface area contributed by atoms with Crippen LogP contribution in [0.3, 0.4) is 0 Å². The normalized spacial score (nSPS) is 11.9. The van der Waals surface area contributed by atoms with Crippen molar-refractivity contribution >= 4 is 33.4 Å². The van der Waals surface area contributed by atoms with E-state index in [9.17, 15) is 9.59 Å². The lowest BCUT2D eigenvalue weighted by Crippen LogP contribution is -2.25. The molecule has 0 aliphatic carbocycles. The molecule has 1 N–H and O–H groups in total. The lowest BCUT2D eigenvalue weighted by molar-refractivity contribution is 0.0921. The van der Waals surface area contributed by atoms with Gasteiger partial charge in [0.15, 0.2) is 10.8 Å². The number of fused-ring (bicyclic) bond motifs is 1. The minimum absolute atomic E-state index is 0.0782. The molecule has 0 saturated heterocycles. The van der Waals surface area contributed by atoms with Gasteiger partial charge in [-0.1, -0.05) is 55.8 Å². The standard InChI is InChI=1S/C22H24N2O3S/c1-16(20(25)21-24-18-12-5-6-13-19(18)28-21)9-7-8-14-23-22(26)27-15-17-10-3-2-4-11-17/h2-6,10-13,16H,7-9,14-15H2,1H3,(H,23,26)/t16-/m0/s1. The Labute approximate surface area is 168 Å². The average molecular weight is 397 g/mol. The molecule has 0 saturated carbocycles. The number of ketones is 1. The van der Waals surface area contributed by atoms with Crippen LogP contribution in [0, 0.1) is 5.92 Å². The molecular weight excluding hydrogens is 372 g/mol. The summed E-state index contributed by atoms with van der Waals surface area (Å²) >= 11 is 1.45. The molecule has 0 unspecified atom stereocenters. The molecule has 0 spiro atoms. The van der Waals surface area contributed by atoms with Crippen molar-refractivity contribution in [1.82, 2.24) is 10.3 Å². The van der Waals surface area contributed by atoms with Crippen molar-refractivity contribution in [3.8, 4) is 0 Å². The van der Waals surface area contributed by atoms with Crippen molar-refractivity contribution < 1.29 is 14.3 Å². The molecule has 6 heteroatoms. The lowest BCUT2D eigenvalue weighted by Gasteiger charge is -2.09. The third-order valence-corrected chi connectivity index (χ3v) is 5.55. The second-order valence-electron chi connectivity index (χ2n) is 6.74. The number of para-hydroxylation sites is 1. The SMILES string of the molecule is C[C@@H](CCCCNC(=O)OCc1ccccc1)C(=O)c1nc2ccccc2s1. The number of hydrogen-bond donors (Lipinski definition) is 1. The number of rotatable bonds is 9. The predicted molar refractivity (Wildman–Crippen MR) is 112 cm³/mol. The fourth-order valence-corrected chi connectivity index (χ4v) is 3.88. The number of carbonyl (C=O) groups excluding carboxylic acids is 2. The smallest absolute Gasteiger partial charge is 0.407 e. The Kier molecular flexibility index (Phi) is 7.14. The second-order valence-corrected chi connectivity index (χ2v) is 7.77.